The van der Waals surface area contributed by atoms with Crippen LogP contribution >= 0.6 is 23.2 Å². The number of hydrogen-bond donors (Lipinski definition) is 1. The number of benzene rings is 1. The van der Waals surface area contributed by atoms with Crippen molar-refractivity contribution < 1.29 is 14.2 Å². The summed E-state index contributed by atoms with van der Waals surface area (Å²) in [5.41, 5.74) is -0.394. The summed E-state index contributed by atoms with van der Waals surface area (Å²) >= 11 is 11.5. The number of nitrogens with one attached hydrogen (secondary N) is 1. The molecule has 9 heteroatoms. The Bertz CT molecular complexity index is 658. The van der Waals surface area contributed by atoms with Crippen LogP contribution in [0.3, 0.4) is 0 Å². The summed E-state index contributed by atoms with van der Waals surface area (Å²) in [6.45, 7) is 0.104. The van der Waals surface area contributed by atoms with Crippen LogP contribution in [0.15, 0.2) is 28.9 Å². The quantitative estimate of drug-likeness (QED) is 0.691. The Morgan fingerprint density at radius 3 is 2.80 bits per heavy atom. The van der Waals surface area contributed by atoms with Crippen LogP contribution in [0.4, 0.5) is 5.69 Å². The Kier molecular flexibility index (Phi) is 4.21. The lowest BCUT2D eigenvalue weighted by molar-refractivity contribution is -0.384. The molecule has 0 aliphatic rings. The third kappa shape index (κ3) is 3.06. The van der Waals surface area contributed by atoms with Crippen LogP contribution in [-0.4, -0.2) is 16.0 Å². The number of amides is 1. The number of nitro benzene ring substituents is 1. The number of aromatic nitrogens is 1. The molecule has 1 aromatic heterocycles. The zero-order valence-electron chi connectivity index (χ0n) is 9.80. The SMILES string of the molecule is O=C(NCc1ccno1)c1cc(Cl)c(Cl)c([N+](=O)[O-])c1. The highest BCUT2D eigenvalue weighted by atomic mass is 35.5. The lowest BCUT2D eigenvalue weighted by Gasteiger charge is -2.05. The molecule has 2 aromatic rings. The van der Waals surface area contributed by atoms with E-state index in [9.17, 15) is 14.9 Å². The molecule has 0 saturated heterocycles. The maximum absolute atomic E-state index is 11.9. The van der Waals surface area contributed by atoms with E-state index in [0.717, 1.165) is 6.07 Å². The largest absolute Gasteiger partial charge is 0.360 e. The van der Waals surface area contributed by atoms with E-state index in [2.05, 4.69) is 10.5 Å². The van der Waals surface area contributed by atoms with Crippen LogP contribution in [0.2, 0.25) is 10.0 Å². The van der Waals surface area contributed by atoms with Crippen LogP contribution in [0.5, 0.6) is 0 Å². The van der Waals surface area contributed by atoms with E-state index in [-0.39, 0.29) is 22.2 Å². The fraction of sp³-hybridized carbons (Fsp3) is 0.0909. The number of nitrogens with zero attached hydrogens (tertiary/aromatic N) is 2. The second-order valence-corrected chi connectivity index (χ2v) is 4.49. The summed E-state index contributed by atoms with van der Waals surface area (Å²) < 4.78 is 4.80. The summed E-state index contributed by atoms with van der Waals surface area (Å²) in [6.07, 6.45) is 1.44. The van der Waals surface area contributed by atoms with Crippen molar-refractivity contribution in [2.24, 2.45) is 0 Å². The second-order valence-electron chi connectivity index (χ2n) is 3.71. The molecule has 0 saturated carbocycles. The molecule has 1 amide bonds. The lowest BCUT2D eigenvalue weighted by Crippen LogP contribution is -2.22. The summed E-state index contributed by atoms with van der Waals surface area (Å²) in [7, 11) is 0. The third-order valence-corrected chi connectivity index (χ3v) is 3.17. The number of carbonyl (C=O) groups is 1. The van der Waals surface area contributed by atoms with Crippen molar-refractivity contribution in [1.29, 1.82) is 0 Å². The van der Waals surface area contributed by atoms with Gasteiger partial charge in [-0.05, 0) is 6.07 Å². The van der Waals surface area contributed by atoms with Crippen LogP contribution in [0.25, 0.3) is 0 Å². The van der Waals surface area contributed by atoms with E-state index in [1.54, 1.807) is 6.07 Å². The van der Waals surface area contributed by atoms with Gasteiger partial charge >= 0.3 is 0 Å². The van der Waals surface area contributed by atoms with Crippen LogP contribution in [0, 0.1) is 10.1 Å². The normalized spacial score (nSPS) is 10.3. The molecule has 2 rings (SSSR count). The first-order valence-corrected chi connectivity index (χ1v) is 6.06. The lowest BCUT2D eigenvalue weighted by atomic mass is 10.2. The fourth-order valence-corrected chi connectivity index (χ4v) is 1.83. The Morgan fingerprint density at radius 1 is 1.45 bits per heavy atom. The predicted molar refractivity (Wildman–Crippen MR) is 70.8 cm³/mol. The van der Waals surface area contributed by atoms with Crippen LogP contribution < -0.4 is 5.32 Å². The summed E-state index contributed by atoms with van der Waals surface area (Å²) in [4.78, 5) is 22.0. The molecule has 1 aromatic carbocycles. The highest BCUT2D eigenvalue weighted by molar-refractivity contribution is 6.43. The van der Waals surface area contributed by atoms with Gasteiger partial charge in [0.25, 0.3) is 11.6 Å². The average molecular weight is 316 g/mol. The van der Waals surface area contributed by atoms with Crippen molar-refractivity contribution in [3.63, 3.8) is 0 Å². The standard InChI is InChI=1S/C11H7Cl2N3O4/c12-8-3-6(4-9(10(8)13)16(18)19)11(17)14-5-7-1-2-15-20-7/h1-4H,5H2,(H,14,17). The maximum Gasteiger partial charge on any atom is 0.290 e. The van der Waals surface area contributed by atoms with Gasteiger partial charge in [0, 0.05) is 17.7 Å². The molecule has 7 nitrogen and oxygen atoms in total. The first-order chi connectivity index (χ1) is 9.49. The summed E-state index contributed by atoms with van der Waals surface area (Å²) in [5.74, 6) is -0.0871. The van der Waals surface area contributed by atoms with Gasteiger partial charge in [-0.25, -0.2) is 0 Å². The first-order valence-electron chi connectivity index (χ1n) is 5.30. The van der Waals surface area contributed by atoms with Gasteiger partial charge in [0.2, 0.25) is 0 Å². The summed E-state index contributed by atoms with van der Waals surface area (Å²) in [5, 5.41) is 16.5. The molecule has 0 unspecified atom stereocenters. The van der Waals surface area contributed by atoms with E-state index < -0.39 is 16.5 Å². The van der Waals surface area contributed by atoms with Gasteiger partial charge in [0.1, 0.15) is 5.02 Å². The van der Waals surface area contributed by atoms with Gasteiger partial charge < -0.3 is 9.84 Å². The second kappa shape index (κ2) is 5.89. The highest BCUT2D eigenvalue weighted by Crippen LogP contribution is 2.33. The Balaban J connectivity index is 2.19. The van der Waals surface area contributed by atoms with Gasteiger partial charge in [-0.15, -0.1) is 0 Å². The number of rotatable bonds is 4. The van der Waals surface area contributed by atoms with Gasteiger partial charge in [-0.3, -0.25) is 14.9 Å². The van der Waals surface area contributed by atoms with Gasteiger partial charge in [-0.1, -0.05) is 28.4 Å². The van der Waals surface area contributed by atoms with Crippen molar-refractivity contribution in [3.05, 3.63) is 55.9 Å². The molecular weight excluding hydrogens is 309 g/mol. The van der Waals surface area contributed by atoms with Crippen molar-refractivity contribution >= 4 is 34.8 Å². The third-order valence-electron chi connectivity index (χ3n) is 2.38. The van der Waals surface area contributed by atoms with E-state index in [4.69, 9.17) is 27.7 Å². The molecule has 0 aliphatic heterocycles. The van der Waals surface area contributed by atoms with Crippen molar-refractivity contribution in [3.8, 4) is 0 Å². The van der Waals surface area contributed by atoms with Crippen molar-refractivity contribution in [1.82, 2.24) is 10.5 Å². The topological polar surface area (TPSA) is 98.3 Å². The number of halogens is 2. The molecule has 104 valence electrons. The maximum atomic E-state index is 11.9. The Hall–Kier alpha value is -2.12. The zero-order chi connectivity index (χ0) is 14.7. The van der Waals surface area contributed by atoms with Gasteiger partial charge in [-0.2, -0.15) is 0 Å². The number of carbonyl (C=O) groups excluding carboxylic acids is 1. The van der Waals surface area contributed by atoms with Crippen LogP contribution in [-0.2, 0) is 6.54 Å². The monoisotopic (exact) mass is 315 g/mol. The molecule has 0 radical (unpaired) electrons. The molecule has 0 bridgehead atoms. The molecular formula is C11H7Cl2N3O4. The van der Waals surface area contributed by atoms with Crippen LogP contribution in [0.1, 0.15) is 16.1 Å². The Labute approximate surface area is 122 Å². The predicted octanol–water partition coefficient (Wildman–Crippen LogP) is 2.82. The van der Waals surface area contributed by atoms with Gasteiger partial charge in [0.15, 0.2) is 5.76 Å². The molecule has 0 fully saturated rings. The smallest absolute Gasteiger partial charge is 0.290 e. The molecule has 0 aliphatic carbocycles. The average Bonchev–Trinajstić information content (AvgIpc) is 2.91. The minimum Gasteiger partial charge on any atom is -0.360 e. The zero-order valence-corrected chi connectivity index (χ0v) is 11.3. The summed E-state index contributed by atoms with van der Waals surface area (Å²) in [6, 6.07) is 3.90. The minimum absolute atomic E-state index is 0.0330. The molecule has 1 N–H and O–H groups in total. The fourth-order valence-electron chi connectivity index (χ4n) is 1.44. The first kappa shape index (κ1) is 14.3. The minimum atomic E-state index is -0.707. The van der Waals surface area contributed by atoms with Gasteiger partial charge in [0.05, 0.1) is 22.7 Å². The number of nitro groups is 1. The van der Waals surface area contributed by atoms with E-state index in [1.807, 2.05) is 0 Å². The molecule has 0 atom stereocenters. The van der Waals surface area contributed by atoms with E-state index in [0.29, 0.717) is 5.76 Å². The van der Waals surface area contributed by atoms with E-state index >= 15 is 0 Å². The number of hydrogen-bond acceptors (Lipinski definition) is 5. The molecule has 1 heterocycles. The molecule has 20 heavy (non-hydrogen) atoms. The van der Waals surface area contributed by atoms with Crippen molar-refractivity contribution in [2.45, 2.75) is 6.54 Å². The van der Waals surface area contributed by atoms with Crippen molar-refractivity contribution in [2.75, 3.05) is 0 Å². The van der Waals surface area contributed by atoms with E-state index in [1.165, 1.54) is 12.3 Å². The highest BCUT2D eigenvalue weighted by Gasteiger charge is 2.20. The molecule has 0 spiro atoms. The Morgan fingerprint density at radius 2 is 2.20 bits per heavy atom.